The van der Waals surface area contributed by atoms with Crippen LogP contribution in [0.15, 0.2) is 60.0 Å². The second-order valence-electron chi connectivity index (χ2n) is 5.33. The molecule has 3 nitrogen and oxygen atoms in total. The number of rotatable bonds is 5. The second kappa shape index (κ2) is 7.20. The molecule has 23 heavy (non-hydrogen) atoms. The Labute approximate surface area is 139 Å². The SMILES string of the molecule is Cc1ccc(-c2nc(CC(=O)OCc3ccccc3)cs2)cc1. The summed E-state index contributed by atoms with van der Waals surface area (Å²) in [6.07, 6.45) is 0.204. The zero-order valence-corrected chi connectivity index (χ0v) is 13.7. The molecule has 0 bridgehead atoms. The number of carbonyl (C=O) groups excluding carboxylic acids is 1. The van der Waals surface area contributed by atoms with Crippen LogP contribution in [0, 0.1) is 6.92 Å². The highest BCUT2D eigenvalue weighted by Gasteiger charge is 2.10. The van der Waals surface area contributed by atoms with Crippen molar-refractivity contribution in [3.63, 3.8) is 0 Å². The first-order chi connectivity index (χ1) is 11.2. The van der Waals surface area contributed by atoms with E-state index in [1.807, 2.05) is 47.8 Å². The van der Waals surface area contributed by atoms with Gasteiger partial charge in [-0.15, -0.1) is 11.3 Å². The first-order valence-corrected chi connectivity index (χ1v) is 8.30. The third-order valence-electron chi connectivity index (χ3n) is 3.42. The number of ether oxygens (including phenoxy) is 1. The van der Waals surface area contributed by atoms with Gasteiger partial charge in [0.1, 0.15) is 11.6 Å². The number of hydrogen-bond acceptors (Lipinski definition) is 4. The number of thiazole rings is 1. The van der Waals surface area contributed by atoms with Crippen molar-refractivity contribution in [2.75, 3.05) is 0 Å². The van der Waals surface area contributed by atoms with Gasteiger partial charge >= 0.3 is 5.97 Å². The Kier molecular flexibility index (Phi) is 4.83. The highest BCUT2D eigenvalue weighted by Crippen LogP contribution is 2.24. The number of aromatic nitrogens is 1. The van der Waals surface area contributed by atoms with E-state index in [-0.39, 0.29) is 12.4 Å². The molecule has 3 aromatic rings. The van der Waals surface area contributed by atoms with E-state index in [1.54, 1.807) is 11.3 Å². The fourth-order valence-corrected chi connectivity index (χ4v) is 2.98. The summed E-state index contributed by atoms with van der Waals surface area (Å²) >= 11 is 1.55. The Morgan fingerprint density at radius 1 is 1.09 bits per heavy atom. The maximum atomic E-state index is 11.9. The molecule has 1 aromatic heterocycles. The summed E-state index contributed by atoms with van der Waals surface area (Å²) in [6, 6.07) is 17.9. The molecule has 0 radical (unpaired) electrons. The molecule has 0 aliphatic heterocycles. The molecule has 2 aromatic carbocycles. The minimum absolute atomic E-state index is 0.204. The van der Waals surface area contributed by atoms with Crippen LogP contribution in [0.25, 0.3) is 10.6 Å². The average molecular weight is 323 g/mol. The van der Waals surface area contributed by atoms with Gasteiger partial charge in [0.05, 0.1) is 12.1 Å². The molecule has 0 atom stereocenters. The van der Waals surface area contributed by atoms with Crippen molar-refractivity contribution >= 4 is 17.3 Å². The minimum Gasteiger partial charge on any atom is -0.461 e. The van der Waals surface area contributed by atoms with Gasteiger partial charge in [-0.3, -0.25) is 4.79 Å². The number of carbonyl (C=O) groups is 1. The van der Waals surface area contributed by atoms with Crippen LogP contribution in [0.5, 0.6) is 0 Å². The summed E-state index contributed by atoms with van der Waals surface area (Å²) in [5, 5.41) is 2.84. The maximum Gasteiger partial charge on any atom is 0.312 e. The Bertz CT molecular complexity index is 779. The van der Waals surface area contributed by atoms with Gasteiger partial charge in [-0.25, -0.2) is 4.98 Å². The van der Waals surface area contributed by atoms with E-state index in [4.69, 9.17) is 4.74 Å². The number of benzene rings is 2. The quantitative estimate of drug-likeness (QED) is 0.653. The first-order valence-electron chi connectivity index (χ1n) is 7.42. The third kappa shape index (κ3) is 4.27. The molecule has 0 fully saturated rings. The lowest BCUT2D eigenvalue weighted by molar-refractivity contribution is -0.144. The summed E-state index contributed by atoms with van der Waals surface area (Å²) < 4.78 is 5.29. The van der Waals surface area contributed by atoms with Gasteiger partial charge in [0.25, 0.3) is 0 Å². The normalized spacial score (nSPS) is 10.5. The van der Waals surface area contributed by atoms with E-state index >= 15 is 0 Å². The molecule has 0 amide bonds. The number of hydrogen-bond donors (Lipinski definition) is 0. The zero-order chi connectivity index (χ0) is 16.1. The number of nitrogens with zero attached hydrogens (tertiary/aromatic N) is 1. The van der Waals surface area contributed by atoms with Crippen LogP contribution in [0.2, 0.25) is 0 Å². The first kappa shape index (κ1) is 15.4. The molecule has 0 unspecified atom stereocenters. The zero-order valence-electron chi connectivity index (χ0n) is 12.9. The van der Waals surface area contributed by atoms with Gasteiger partial charge < -0.3 is 4.74 Å². The van der Waals surface area contributed by atoms with Gasteiger partial charge in [0.15, 0.2) is 0 Å². The molecule has 116 valence electrons. The molecule has 1 heterocycles. The molecule has 0 aliphatic rings. The molecular weight excluding hydrogens is 306 g/mol. The van der Waals surface area contributed by atoms with Crippen molar-refractivity contribution in [2.24, 2.45) is 0 Å². The summed E-state index contributed by atoms with van der Waals surface area (Å²) in [4.78, 5) is 16.4. The van der Waals surface area contributed by atoms with Crippen molar-refractivity contribution in [2.45, 2.75) is 20.0 Å². The number of aryl methyl sites for hydroxylation is 1. The summed E-state index contributed by atoms with van der Waals surface area (Å²) in [5.74, 6) is -0.255. The Balaban J connectivity index is 1.58. The lowest BCUT2D eigenvalue weighted by Crippen LogP contribution is -2.08. The molecule has 0 aliphatic carbocycles. The van der Waals surface area contributed by atoms with E-state index in [9.17, 15) is 4.79 Å². The predicted molar refractivity (Wildman–Crippen MR) is 92.2 cm³/mol. The molecule has 0 saturated carbocycles. The summed E-state index contributed by atoms with van der Waals surface area (Å²) in [5.41, 5.74) is 4.03. The Morgan fingerprint density at radius 2 is 1.83 bits per heavy atom. The van der Waals surface area contributed by atoms with Crippen molar-refractivity contribution in [1.29, 1.82) is 0 Å². The fourth-order valence-electron chi connectivity index (χ4n) is 2.15. The van der Waals surface area contributed by atoms with E-state index in [1.165, 1.54) is 5.56 Å². The summed E-state index contributed by atoms with van der Waals surface area (Å²) in [7, 11) is 0. The highest BCUT2D eigenvalue weighted by atomic mass is 32.1. The molecule has 0 saturated heterocycles. The van der Waals surface area contributed by atoms with Crippen LogP contribution >= 0.6 is 11.3 Å². The molecule has 0 spiro atoms. The van der Waals surface area contributed by atoms with E-state index in [2.05, 4.69) is 24.0 Å². The predicted octanol–water partition coefficient (Wildman–Crippen LogP) is 4.40. The number of esters is 1. The van der Waals surface area contributed by atoms with Gasteiger partial charge in [-0.2, -0.15) is 0 Å². The molecule has 3 rings (SSSR count). The van der Waals surface area contributed by atoms with Gasteiger partial charge in [0, 0.05) is 10.9 Å². The third-order valence-corrected chi connectivity index (χ3v) is 4.36. The highest BCUT2D eigenvalue weighted by molar-refractivity contribution is 7.13. The lowest BCUT2D eigenvalue weighted by atomic mass is 10.2. The maximum absolute atomic E-state index is 11.9. The monoisotopic (exact) mass is 323 g/mol. The standard InChI is InChI=1S/C19H17NO2S/c1-14-7-9-16(10-8-14)19-20-17(13-23-19)11-18(21)22-12-15-5-3-2-4-6-15/h2-10,13H,11-12H2,1H3. The smallest absolute Gasteiger partial charge is 0.312 e. The van der Waals surface area contributed by atoms with Crippen molar-refractivity contribution in [3.05, 3.63) is 76.8 Å². The second-order valence-corrected chi connectivity index (χ2v) is 6.19. The van der Waals surface area contributed by atoms with Crippen LogP contribution < -0.4 is 0 Å². The molecule has 4 heteroatoms. The van der Waals surface area contributed by atoms with Crippen molar-refractivity contribution < 1.29 is 9.53 Å². The van der Waals surface area contributed by atoms with Crippen LogP contribution in [0.4, 0.5) is 0 Å². The largest absolute Gasteiger partial charge is 0.461 e. The summed E-state index contributed by atoms with van der Waals surface area (Å²) in [6.45, 7) is 2.36. The van der Waals surface area contributed by atoms with E-state index in [0.29, 0.717) is 6.61 Å². The molecular formula is C19H17NO2S. The lowest BCUT2D eigenvalue weighted by Gasteiger charge is -2.03. The van der Waals surface area contributed by atoms with Crippen LogP contribution in [0.1, 0.15) is 16.8 Å². The van der Waals surface area contributed by atoms with Crippen LogP contribution in [0.3, 0.4) is 0 Å². The minimum atomic E-state index is -0.255. The average Bonchev–Trinajstić information content (AvgIpc) is 3.03. The van der Waals surface area contributed by atoms with Crippen molar-refractivity contribution in [3.8, 4) is 10.6 Å². The van der Waals surface area contributed by atoms with Crippen LogP contribution in [-0.4, -0.2) is 11.0 Å². The van der Waals surface area contributed by atoms with Gasteiger partial charge in [0.2, 0.25) is 0 Å². The van der Waals surface area contributed by atoms with E-state index < -0.39 is 0 Å². The fraction of sp³-hybridized carbons (Fsp3) is 0.158. The molecule has 0 N–H and O–H groups in total. The van der Waals surface area contributed by atoms with Crippen LogP contribution in [-0.2, 0) is 22.6 Å². The van der Waals surface area contributed by atoms with E-state index in [0.717, 1.165) is 21.8 Å². The topological polar surface area (TPSA) is 39.2 Å². The van der Waals surface area contributed by atoms with Crippen molar-refractivity contribution in [1.82, 2.24) is 4.98 Å². The Morgan fingerprint density at radius 3 is 2.57 bits per heavy atom. The van der Waals surface area contributed by atoms with Gasteiger partial charge in [-0.05, 0) is 12.5 Å². The van der Waals surface area contributed by atoms with Gasteiger partial charge in [-0.1, -0.05) is 60.2 Å². The Hall–Kier alpha value is -2.46.